The fourth-order valence-electron chi connectivity index (χ4n) is 5.19. The van der Waals surface area contributed by atoms with Crippen molar-refractivity contribution >= 4 is 46.7 Å². The van der Waals surface area contributed by atoms with Gasteiger partial charge in [0.1, 0.15) is 5.52 Å². The van der Waals surface area contributed by atoms with E-state index in [0.29, 0.717) is 23.2 Å². The number of hydrogen-bond donors (Lipinski definition) is 1. The van der Waals surface area contributed by atoms with Gasteiger partial charge in [-0.15, -0.1) is 9.94 Å². The summed E-state index contributed by atoms with van der Waals surface area (Å²) in [6.07, 6.45) is 16.4. The van der Waals surface area contributed by atoms with Gasteiger partial charge in [-0.2, -0.15) is 0 Å². The molecule has 8 nitrogen and oxygen atoms in total. The van der Waals surface area contributed by atoms with Gasteiger partial charge in [0.2, 0.25) is 0 Å². The summed E-state index contributed by atoms with van der Waals surface area (Å²) in [6, 6.07) is 16.9. The molecule has 0 bridgehead atoms. The second-order valence-electron chi connectivity index (χ2n) is 11.3. The number of nitrogens with zero attached hydrogens (tertiary/aromatic N) is 4. The number of amides is 1. The van der Waals surface area contributed by atoms with E-state index < -0.39 is 0 Å². The molecule has 9 heteroatoms. The first-order chi connectivity index (χ1) is 21.9. The van der Waals surface area contributed by atoms with Crippen LogP contribution < -0.4 is 0 Å². The van der Waals surface area contributed by atoms with Gasteiger partial charge in [-0.1, -0.05) is 88.3 Å². The summed E-state index contributed by atoms with van der Waals surface area (Å²) in [5.74, 6) is -0.514. The van der Waals surface area contributed by atoms with Crippen molar-refractivity contribution in [3.63, 3.8) is 0 Å². The maximum Gasteiger partial charge on any atom is 0.307 e. The highest BCUT2D eigenvalue weighted by molar-refractivity contribution is 7.99. The molecule has 2 heterocycles. The first kappa shape index (κ1) is 33.8. The molecule has 0 saturated carbocycles. The molecule has 0 radical (unpaired) electrons. The molecule has 0 spiro atoms. The number of hydrogen-bond acceptors (Lipinski definition) is 7. The van der Waals surface area contributed by atoms with E-state index in [1.54, 1.807) is 19.3 Å². The van der Waals surface area contributed by atoms with Crippen LogP contribution in [-0.4, -0.2) is 50.7 Å². The fraction of sp³-hybridized carbons (Fsp3) is 0.389. The van der Waals surface area contributed by atoms with Crippen LogP contribution in [0.1, 0.15) is 98.4 Å². The van der Waals surface area contributed by atoms with Crippen molar-refractivity contribution in [1.29, 1.82) is 0 Å². The normalized spacial score (nSPS) is 11.4. The van der Waals surface area contributed by atoms with Crippen molar-refractivity contribution < 1.29 is 19.5 Å². The fourth-order valence-corrected chi connectivity index (χ4v) is 6.26. The lowest BCUT2D eigenvalue weighted by molar-refractivity contribution is -0.147. The van der Waals surface area contributed by atoms with Crippen molar-refractivity contribution in [3.8, 4) is 0 Å². The minimum Gasteiger partial charge on any atom is -0.444 e. The number of aromatic nitrogens is 3. The maximum absolute atomic E-state index is 13.4. The average molecular weight is 629 g/mol. The lowest BCUT2D eigenvalue weighted by atomic mass is 10.1. The molecule has 4 aromatic rings. The van der Waals surface area contributed by atoms with Crippen LogP contribution in [0.25, 0.3) is 23.1 Å². The van der Waals surface area contributed by atoms with Gasteiger partial charge in [0.05, 0.1) is 17.0 Å². The molecular formula is C36H44N4O4S. The van der Waals surface area contributed by atoms with Crippen LogP contribution >= 0.6 is 11.8 Å². The standard InChI is InChI=1S/C36H44N4O4S/c1-4-5-6-7-8-9-10-11-12-20-34(41)44-26-39(3)36(42)30-18-13-14-19-33(30)45-29-24-27(2)35-31(38-40(43)32(35)25-29)22-21-28-17-15-16-23-37-28/h13-19,21-25,43H,4-12,20,26H2,1-3H3/b22-21+. The number of ether oxygens (including phenoxy) is 1. The van der Waals surface area contributed by atoms with Gasteiger partial charge in [-0.3, -0.25) is 14.6 Å². The summed E-state index contributed by atoms with van der Waals surface area (Å²) in [5.41, 5.74) is 3.45. The van der Waals surface area contributed by atoms with E-state index >= 15 is 0 Å². The van der Waals surface area contributed by atoms with Crippen LogP contribution in [0.4, 0.5) is 0 Å². The average Bonchev–Trinajstić information content (AvgIpc) is 3.37. The summed E-state index contributed by atoms with van der Waals surface area (Å²) in [5, 5.41) is 15.7. The van der Waals surface area contributed by atoms with Gasteiger partial charge < -0.3 is 14.8 Å². The zero-order chi connectivity index (χ0) is 32.0. The number of aryl methyl sites for hydroxylation is 1. The number of rotatable bonds is 17. The number of pyridine rings is 1. The van der Waals surface area contributed by atoms with E-state index in [-0.39, 0.29) is 18.6 Å². The molecular weight excluding hydrogens is 584 g/mol. The summed E-state index contributed by atoms with van der Waals surface area (Å²) in [7, 11) is 1.64. The van der Waals surface area contributed by atoms with Crippen LogP contribution in [0.5, 0.6) is 0 Å². The number of fused-ring (bicyclic) bond motifs is 1. The Hall–Kier alpha value is -4.11. The van der Waals surface area contributed by atoms with E-state index in [1.165, 1.54) is 55.2 Å². The van der Waals surface area contributed by atoms with Crippen LogP contribution in [0.3, 0.4) is 0 Å². The van der Waals surface area contributed by atoms with Crippen LogP contribution in [0.15, 0.2) is 70.6 Å². The predicted octanol–water partition coefficient (Wildman–Crippen LogP) is 8.79. The van der Waals surface area contributed by atoms with Crippen molar-refractivity contribution in [1.82, 2.24) is 19.8 Å². The van der Waals surface area contributed by atoms with Gasteiger partial charge in [0.25, 0.3) is 5.91 Å². The SMILES string of the molecule is CCCCCCCCCCCC(=O)OCN(C)C(=O)c1ccccc1Sc1cc(C)c2c(/C=C/c3ccccn3)nn(O)c2c1. The zero-order valence-electron chi connectivity index (χ0n) is 26.6. The minimum atomic E-state index is -0.279. The Balaban J connectivity index is 1.33. The maximum atomic E-state index is 13.4. The van der Waals surface area contributed by atoms with Crippen molar-refractivity contribution in [3.05, 3.63) is 83.3 Å². The van der Waals surface area contributed by atoms with Crippen molar-refractivity contribution in [2.45, 2.75) is 87.8 Å². The van der Waals surface area contributed by atoms with E-state index in [2.05, 4.69) is 17.0 Å². The first-order valence-electron chi connectivity index (χ1n) is 15.9. The quantitative estimate of drug-likeness (QED) is 0.0540. The Morgan fingerprint density at radius 1 is 0.956 bits per heavy atom. The Morgan fingerprint density at radius 3 is 2.40 bits per heavy atom. The summed E-state index contributed by atoms with van der Waals surface area (Å²) in [6.45, 7) is 4.10. The topological polar surface area (TPSA) is 97.5 Å². The summed E-state index contributed by atoms with van der Waals surface area (Å²) < 4.78 is 5.42. The number of benzene rings is 2. The highest BCUT2D eigenvalue weighted by Crippen LogP contribution is 2.35. The Kier molecular flexibility index (Phi) is 13.1. The molecule has 45 heavy (non-hydrogen) atoms. The van der Waals surface area contributed by atoms with E-state index in [1.807, 2.05) is 67.6 Å². The lowest BCUT2D eigenvalue weighted by Crippen LogP contribution is -2.30. The van der Waals surface area contributed by atoms with Crippen molar-refractivity contribution in [2.24, 2.45) is 0 Å². The molecule has 0 aliphatic carbocycles. The van der Waals surface area contributed by atoms with E-state index in [4.69, 9.17) is 4.74 Å². The predicted molar refractivity (Wildman–Crippen MR) is 180 cm³/mol. The highest BCUT2D eigenvalue weighted by Gasteiger charge is 2.19. The van der Waals surface area contributed by atoms with Gasteiger partial charge in [0.15, 0.2) is 6.73 Å². The largest absolute Gasteiger partial charge is 0.444 e. The molecule has 238 valence electrons. The Morgan fingerprint density at radius 2 is 1.67 bits per heavy atom. The molecule has 0 atom stereocenters. The lowest BCUT2D eigenvalue weighted by Gasteiger charge is -2.19. The molecule has 0 aliphatic heterocycles. The number of carbonyl (C=O) groups excluding carboxylic acids is 2. The molecule has 2 aromatic carbocycles. The monoisotopic (exact) mass is 628 g/mol. The van der Waals surface area contributed by atoms with Crippen LogP contribution in [-0.2, 0) is 9.53 Å². The molecule has 0 fully saturated rings. The molecule has 2 aromatic heterocycles. The van der Waals surface area contributed by atoms with Gasteiger partial charge in [-0.25, -0.2) is 0 Å². The van der Waals surface area contributed by atoms with E-state index in [0.717, 1.165) is 50.5 Å². The molecule has 0 aliphatic rings. The number of carbonyl (C=O) groups is 2. The van der Waals surface area contributed by atoms with Crippen LogP contribution in [0, 0.1) is 6.92 Å². The molecule has 4 rings (SSSR count). The van der Waals surface area contributed by atoms with Gasteiger partial charge >= 0.3 is 5.97 Å². The molecule has 1 amide bonds. The molecule has 1 N–H and O–H groups in total. The number of unbranched alkanes of at least 4 members (excludes halogenated alkanes) is 8. The number of esters is 1. The zero-order valence-corrected chi connectivity index (χ0v) is 27.4. The smallest absolute Gasteiger partial charge is 0.307 e. The minimum absolute atomic E-state index is 0.0995. The molecule has 0 unspecified atom stereocenters. The third-order valence-corrected chi connectivity index (χ3v) is 8.70. The van der Waals surface area contributed by atoms with E-state index in [9.17, 15) is 14.8 Å². The van der Waals surface area contributed by atoms with Gasteiger partial charge in [0, 0.05) is 34.8 Å². The second-order valence-corrected chi connectivity index (χ2v) is 12.4. The third kappa shape index (κ3) is 9.94. The van der Waals surface area contributed by atoms with Gasteiger partial charge in [-0.05, 0) is 67.5 Å². The highest BCUT2D eigenvalue weighted by atomic mass is 32.2. The molecule has 0 saturated heterocycles. The first-order valence-corrected chi connectivity index (χ1v) is 16.7. The Labute approximate surface area is 270 Å². The third-order valence-electron chi connectivity index (χ3n) is 7.66. The van der Waals surface area contributed by atoms with Crippen LogP contribution in [0.2, 0.25) is 0 Å². The second kappa shape index (κ2) is 17.4. The van der Waals surface area contributed by atoms with Crippen molar-refractivity contribution in [2.75, 3.05) is 13.8 Å². The summed E-state index contributed by atoms with van der Waals surface area (Å²) >= 11 is 1.43. The summed E-state index contributed by atoms with van der Waals surface area (Å²) in [4.78, 5) is 33.9. The Bertz CT molecular complexity index is 1580.